The maximum absolute atomic E-state index is 4.17. The number of hydrogen-bond acceptors (Lipinski definition) is 2. The SMILES string of the molecule is CC1=CC=c2ncncc2=CC1. The molecule has 0 aromatic carbocycles. The minimum Gasteiger partial charge on any atom is -0.244 e. The van der Waals surface area contributed by atoms with E-state index in [1.165, 1.54) is 5.57 Å². The van der Waals surface area contributed by atoms with Crippen molar-refractivity contribution >= 4 is 12.2 Å². The normalized spacial score (nSPS) is 14.9. The van der Waals surface area contributed by atoms with Crippen molar-refractivity contribution in [2.24, 2.45) is 0 Å². The van der Waals surface area contributed by atoms with Crippen molar-refractivity contribution in [3.05, 3.63) is 34.7 Å². The smallest absolute Gasteiger partial charge is 0.116 e. The number of hydrogen-bond donors (Lipinski definition) is 0. The maximum Gasteiger partial charge on any atom is 0.116 e. The van der Waals surface area contributed by atoms with Gasteiger partial charge < -0.3 is 0 Å². The lowest BCUT2D eigenvalue weighted by atomic mass is 10.2. The summed E-state index contributed by atoms with van der Waals surface area (Å²) in [4.78, 5) is 8.15. The Labute approximate surface area is 71.0 Å². The second-order valence-corrected chi connectivity index (χ2v) is 2.95. The van der Waals surface area contributed by atoms with Crippen LogP contribution in [0.25, 0.3) is 12.2 Å². The highest BCUT2D eigenvalue weighted by Gasteiger charge is 1.91. The molecule has 0 atom stereocenters. The molecule has 60 valence electrons. The van der Waals surface area contributed by atoms with E-state index in [0.29, 0.717) is 0 Å². The van der Waals surface area contributed by atoms with Gasteiger partial charge in [-0.2, -0.15) is 0 Å². The van der Waals surface area contributed by atoms with Crippen LogP contribution in [0.15, 0.2) is 24.2 Å². The van der Waals surface area contributed by atoms with Crippen molar-refractivity contribution in [2.75, 3.05) is 0 Å². The summed E-state index contributed by atoms with van der Waals surface area (Å²) in [7, 11) is 0. The van der Waals surface area contributed by atoms with Gasteiger partial charge in [0.25, 0.3) is 0 Å². The first-order chi connectivity index (χ1) is 5.86. The Morgan fingerprint density at radius 2 is 2.25 bits per heavy atom. The van der Waals surface area contributed by atoms with Crippen LogP contribution in [0, 0.1) is 0 Å². The number of aromatic nitrogens is 2. The van der Waals surface area contributed by atoms with Crippen LogP contribution in [-0.2, 0) is 0 Å². The predicted octanol–water partition coefficient (Wildman–Crippen LogP) is 0.388. The molecule has 1 aliphatic rings. The summed E-state index contributed by atoms with van der Waals surface area (Å²) in [6, 6.07) is 0. The van der Waals surface area contributed by atoms with E-state index >= 15 is 0 Å². The van der Waals surface area contributed by atoms with Crippen LogP contribution in [0.4, 0.5) is 0 Å². The Morgan fingerprint density at radius 3 is 3.17 bits per heavy atom. The van der Waals surface area contributed by atoms with Crippen LogP contribution in [0.1, 0.15) is 13.3 Å². The summed E-state index contributed by atoms with van der Waals surface area (Å²) >= 11 is 0. The molecule has 2 rings (SSSR count). The molecule has 0 spiro atoms. The molecule has 1 aromatic rings. The van der Waals surface area contributed by atoms with Gasteiger partial charge in [0, 0.05) is 11.4 Å². The zero-order chi connectivity index (χ0) is 8.39. The standard InChI is InChI=1S/C10H10N2/c1-8-2-4-9-6-11-7-12-10(9)5-3-8/h3-7H,2H2,1H3. The number of fused-ring (bicyclic) bond motifs is 1. The van der Waals surface area contributed by atoms with E-state index in [2.05, 4.69) is 29.0 Å². The lowest BCUT2D eigenvalue weighted by molar-refractivity contribution is 1.10. The second kappa shape index (κ2) is 2.89. The van der Waals surface area contributed by atoms with E-state index in [-0.39, 0.29) is 0 Å². The molecular formula is C10H10N2. The molecule has 1 aromatic heterocycles. The monoisotopic (exact) mass is 158 g/mol. The van der Waals surface area contributed by atoms with Crippen LogP contribution in [0.2, 0.25) is 0 Å². The first-order valence-corrected chi connectivity index (χ1v) is 4.00. The first kappa shape index (κ1) is 7.22. The molecule has 0 aliphatic heterocycles. The van der Waals surface area contributed by atoms with Gasteiger partial charge in [0.05, 0.1) is 5.35 Å². The molecule has 0 fully saturated rings. The van der Waals surface area contributed by atoms with Crippen LogP contribution in [0.5, 0.6) is 0 Å². The van der Waals surface area contributed by atoms with E-state index in [9.17, 15) is 0 Å². The van der Waals surface area contributed by atoms with Crippen LogP contribution < -0.4 is 10.6 Å². The average Bonchev–Trinajstić information content (AvgIpc) is 2.29. The molecular weight excluding hydrogens is 148 g/mol. The molecule has 1 heterocycles. The summed E-state index contributed by atoms with van der Waals surface area (Å²) in [6.45, 7) is 2.12. The summed E-state index contributed by atoms with van der Waals surface area (Å²) in [5.74, 6) is 0. The van der Waals surface area contributed by atoms with Crippen molar-refractivity contribution in [3.8, 4) is 0 Å². The van der Waals surface area contributed by atoms with Gasteiger partial charge in [-0.15, -0.1) is 0 Å². The molecule has 2 heteroatoms. The largest absolute Gasteiger partial charge is 0.244 e. The fraction of sp³-hybridized carbons (Fsp3) is 0.200. The summed E-state index contributed by atoms with van der Waals surface area (Å²) < 4.78 is 0. The highest BCUT2D eigenvalue weighted by molar-refractivity contribution is 5.44. The lowest BCUT2D eigenvalue weighted by Gasteiger charge is -1.87. The van der Waals surface area contributed by atoms with Crippen molar-refractivity contribution in [3.63, 3.8) is 0 Å². The first-order valence-electron chi connectivity index (χ1n) is 4.00. The van der Waals surface area contributed by atoms with Crippen molar-refractivity contribution in [1.29, 1.82) is 0 Å². The van der Waals surface area contributed by atoms with Crippen LogP contribution >= 0.6 is 0 Å². The van der Waals surface area contributed by atoms with Gasteiger partial charge >= 0.3 is 0 Å². The number of rotatable bonds is 0. The topological polar surface area (TPSA) is 25.8 Å². The summed E-state index contributed by atoms with van der Waals surface area (Å²) in [6.07, 6.45) is 10.7. The molecule has 0 bridgehead atoms. The zero-order valence-electron chi connectivity index (χ0n) is 6.99. The van der Waals surface area contributed by atoms with E-state index < -0.39 is 0 Å². The Balaban J connectivity index is 2.72. The highest BCUT2D eigenvalue weighted by atomic mass is 14.8. The Kier molecular flexibility index (Phi) is 1.74. The third-order valence-electron chi connectivity index (χ3n) is 1.94. The number of allylic oxidation sites excluding steroid dienone is 2. The zero-order valence-corrected chi connectivity index (χ0v) is 6.99. The Bertz CT molecular complexity index is 429. The second-order valence-electron chi connectivity index (χ2n) is 2.95. The Morgan fingerprint density at radius 1 is 1.33 bits per heavy atom. The average molecular weight is 158 g/mol. The van der Waals surface area contributed by atoms with Gasteiger partial charge in [-0.25, -0.2) is 9.97 Å². The van der Waals surface area contributed by atoms with Gasteiger partial charge in [0.2, 0.25) is 0 Å². The molecule has 0 unspecified atom stereocenters. The highest BCUT2D eigenvalue weighted by Crippen LogP contribution is 2.01. The van der Waals surface area contributed by atoms with Gasteiger partial charge in [-0.3, -0.25) is 0 Å². The minimum atomic E-state index is 0.997. The quantitative estimate of drug-likeness (QED) is 0.545. The molecule has 1 aliphatic carbocycles. The lowest BCUT2D eigenvalue weighted by Crippen LogP contribution is -2.27. The third kappa shape index (κ3) is 1.28. The van der Waals surface area contributed by atoms with Gasteiger partial charge in [-0.05, 0) is 19.4 Å². The predicted molar refractivity (Wildman–Crippen MR) is 48.6 cm³/mol. The van der Waals surface area contributed by atoms with Crippen molar-refractivity contribution in [2.45, 2.75) is 13.3 Å². The molecule has 0 radical (unpaired) electrons. The van der Waals surface area contributed by atoms with E-state index in [0.717, 1.165) is 17.0 Å². The van der Waals surface area contributed by atoms with Gasteiger partial charge in [-0.1, -0.05) is 17.7 Å². The Hall–Kier alpha value is -1.44. The molecule has 0 saturated heterocycles. The molecule has 12 heavy (non-hydrogen) atoms. The fourth-order valence-electron chi connectivity index (χ4n) is 1.21. The van der Waals surface area contributed by atoms with E-state index in [4.69, 9.17) is 0 Å². The van der Waals surface area contributed by atoms with Crippen LogP contribution in [-0.4, -0.2) is 9.97 Å². The molecule has 2 nitrogen and oxygen atoms in total. The van der Waals surface area contributed by atoms with Crippen molar-refractivity contribution in [1.82, 2.24) is 9.97 Å². The molecule has 0 N–H and O–H groups in total. The van der Waals surface area contributed by atoms with Crippen LogP contribution in [0.3, 0.4) is 0 Å². The molecule has 0 saturated carbocycles. The van der Waals surface area contributed by atoms with Crippen molar-refractivity contribution < 1.29 is 0 Å². The number of nitrogens with zero attached hydrogens (tertiary/aromatic N) is 2. The van der Waals surface area contributed by atoms with Gasteiger partial charge in [0.15, 0.2) is 0 Å². The molecule has 0 amide bonds. The van der Waals surface area contributed by atoms with E-state index in [1.807, 2.05) is 12.3 Å². The van der Waals surface area contributed by atoms with E-state index in [1.54, 1.807) is 6.33 Å². The maximum atomic E-state index is 4.17. The fourth-order valence-corrected chi connectivity index (χ4v) is 1.21. The summed E-state index contributed by atoms with van der Waals surface area (Å²) in [5, 5.41) is 2.15. The summed E-state index contributed by atoms with van der Waals surface area (Å²) in [5.41, 5.74) is 1.35. The third-order valence-corrected chi connectivity index (χ3v) is 1.94. The minimum absolute atomic E-state index is 0.997. The van der Waals surface area contributed by atoms with Gasteiger partial charge in [0.1, 0.15) is 6.33 Å².